The van der Waals surface area contributed by atoms with E-state index in [9.17, 15) is 0 Å². The van der Waals surface area contributed by atoms with Crippen LogP contribution in [0.5, 0.6) is 0 Å². The van der Waals surface area contributed by atoms with Crippen molar-refractivity contribution in [2.45, 2.75) is 25.7 Å². The number of pyridine rings is 1. The molecule has 0 unspecified atom stereocenters. The maximum Gasteiger partial charge on any atom is 0.226 e. The van der Waals surface area contributed by atoms with Crippen molar-refractivity contribution in [3.8, 4) is 11.4 Å². The number of aromatic nitrogens is 5. The van der Waals surface area contributed by atoms with Crippen molar-refractivity contribution in [3.05, 3.63) is 54.2 Å². The number of hydrogen-bond acceptors (Lipinski definition) is 7. The van der Waals surface area contributed by atoms with E-state index in [2.05, 4.69) is 29.7 Å². The largest absolute Gasteiger partial charge is 0.353 e. The lowest BCUT2D eigenvalue weighted by molar-refractivity contribution is 0.616. The van der Waals surface area contributed by atoms with Crippen molar-refractivity contribution in [3.63, 3.8) is 0 Å². The molecule has 0 spiro atoms. The molecule has 142 valence electrons. The SMILES string of the molecule is c1ccc(-c2ccnc(N3CCN(c4ncnc5c4CCCC5)CC3)n2)nc1. The average Bonchev–Trinajstić information content (AvgIpc) is 2.79. The van der Waals surface area contributed by atoms with Gasteiger partial charge in [0.05, 0.1) is 11.4 Å². The van der Waals surface area contributed by atoms with E-state index in [1.54, 1.807) is 12.5 Å². The predicted molar refractivity (Wildman–Crippen MR) is 108 cm³/mol. The Morgan fingerprint density at radius 2 is 1.57 bits per heavy atom. The fraction of sp³-hybridized carbons (Fsp3) is 0.381. The van der Waals surface area contributed by atoms with Crippen LogP contribution in [0.2, 0.25) is 0 Å². The van der Waals surface area contributed by atoms with Crippen molar-refractivity contribution in [2.24, 2.45) is 0 Å². The van der Waals surface area contributed by atoms with Crippen LogP contribution in [0.1, 0.15) is 24.1 Å². The van der Waals surface area contributed by atoms with Gasteiger partial charge in [0.2, 0.25) is 5.95 Å². The highest BCUT2D eigenvalue weighted by atomic mass is 15.3. The van der Waals surface area contributed by atoms with E-state index in [1.807, 2.05) is 30.5 Å². The normalized spacial score (nSPS) is 16.7. The van der Waals surface area contributed by atoms with Crippen LogP contribution in [0.25, 0.3) is 11.4 Å². The molecule has 7 nitrogen and oxygen atoms in total. The quantitative estimate of drug-likeness (QED) is 0.699. The number of hydrogen-bond donors (Lipinski definition) is 0. The topological polar surface area (TPSA) is 70.9 Å². The first kappa shape index (κ1) is 17.0. The van der Waals surface area contributed by atoms with Crippen LogP contribution in [0.4, 0.5) is 11.8 Å². The maximum absolute atomic E-state index is 4.74. The lowest BCUT2D eigenvalue weighted by Crippen LogP contribution is -2.47. The van der Waals surface area contributed by atoms with E-state index in [0.717, 1.165) is 62.2 Å². The zero-order valence-corrected chi connectivity index (χ0v) is 15.8. The van der Waals surface area contributed by atoms with Crippen molar-refractivity contribution < 1.29 is 0 Å². The monoisotopic (exact) mass is 373 g/mol. The molecule has 3 aromatic heterocycles. The molecule has 0 saturated carbocycles. The summed E-state index contributed by atoms with van der Waals surface area (Å²) in [7, 11) is 0. The number of aryl methyl sites for hydroxylation is 1. The molecule has 0 N–H and O–H groups in total. The lowest BCUT2D eigenvalue weighted by Gasteiger charge is -2.36. The molecule has 4 heterocycles. The Labute approximate surface area is 164 Å². The number of rotatable bonds is 3. The standard InChI is InChI=1S/C21H23N7/c1-2-6-17-16(5-1)20(25-15-24-17)27-11-13-28(14-12-27)21-23-10-8-19(26-21)18-7-3-4-9-22-18/h3-4,7-10,15H,1-2,5-6,11-14H2. The second kappa shape index (κ2) is 7.50. The molecule has 28 heavy (non-hydrogen) atoms. The van der Waals surface area contributed by atoms with Gasteiger partial charge in [0.15, 0.2) is 0 Å². The molecule has 0 aromatic carbocycles. The first-order valence-corrected chi connectivity index (χ1v) is 9.95. The predicted octanol–water partition coefficient (Wildman–Crippen LogP) is 2.53. The molecule has 0 radical (unpaired) electrons. The van der Waals surface area contributed by atoms with E-state index in [4.69, 9.17) is 4.98 Å². The van der Waals surface area contributed by atoms with Gasteiger partial charge < -0.3 is 9.80 Å². The first-order valence-electron chi connectivity index (χ1n) is 9.95. The molecule has 3 aromatic rings. The fourth-order valence-electron chi connectivity index (χ4n) is 4.05. The van der Waals surface area contributed by atoms with Crippen LogP contribution < -0.4 is 9.80 Å². The Morgan fingerprint density at radius 1 is 0.714 bits per heavy atom. The zero-order valence-electron chi connectivity index (χ0n) is 15.8. The second-order valence-electron chi connectivity index (χ2n) is 7.26. The van der Waals surface area contributed by atoms with Crippen molar-refractivity contribution in [1.82, 2.24) is 24.9 Å². The number of fused-ring (bicyclic) bond motifs is 1. The van der Waals surface area contributed by atoms with Crippen molar-refractivity contribution in [1.29, 1.82) is 0 Å². The summed E-state index contributed by atoms with van der Waals surface area (Å²) in [5.74, 6) is 1.90. The third-order valence-electron chi connectivity index (χ3n) is 5.53. The summed E-state index contributed by atoms with van der Waals surface area (Å²) < 4.78 is 0. The Hall–Kier alpha value is -3.09. The Kier molecular flexibility index (Phi) is 4.56. The van der Waals surface area contributed by atoms with Gasteiger partial charge in [-0.05, 0) is 43.9 Å². The van der Waals surface area contributed by atoms with Crippen molar-refractivity contribution >= 4 is 11.8 Å². The van der Waals surface area contributed by atoms with Crippen LogP contribution in [-0.4, -0.2) is 51.1 Å². The number of nitrogens with zero attached hydrogens (tertiary/aromatic N) is 7. The maximum atomic E-state index is 4.74. The van der Waals surface area contributed by atoms with Crippen LogP contribution in [0, 0.1) is 0 Å². The van der Waals surface area contributed by atoms with Gasteiger partial charge in [0, 0.05) is 49.8 Å². The fourth-order valence-corrected chi connectivity index (χ4v) is 4.05. The molecular formula is C21H23N7. The summed E-state index contributed by atoms with van der Waals surface area (Å²) >= 11 is 0. The zero-order chi connectivity index (χ0) is 18.8. The molecular weight excluding hydrogens is 350 g/mol. The molecule has 5 rings (SSSR count). The van der Waals surface area contributed by atoms with E-state index in [-0.39, 0.29) is 0 Å². The molecule has 0 amide bonds. The third-order valence-corrected chi connectivity index (χ3v) is 5.53. The van der Waals surface area contributed by atoms with Crippen LogP contribution in [0.3, 0.4) is 0 Å². The third kappa shape index (κ3) is 3.28. The average molecular weight is 373 g/mol. The summed E-state index contributed by atoms with van der Waals surface area (Å²) in [4.78, 5) is 27.4. The van der Waals surface area contributed by atoms with Gasteiger partial charge in [0.1, 0.15) is 12.1 Å². The molecule has 0 atom stereocenters. The van der Waals surface area contributed by atoms with Gasteiger partial charge in [0.25, 0.3) is 0 Å². The van der Waals surface area contributed by atoms with Crippen LogP contribution in [-0.2, 0) is 12.8 Å². The highest BCUT2D eigenvalue weighted by Crippen LogP contribution is 2.28. The highest BCUT2D eigenvalue weighted by molar-refractivity contribution is 5.56. The highest BCUT2D eigenvalue weighted by Gasteiger charge is 2.24. The van der Waals surface area contributed by atoms with E-state index in [0.29, 0.717) is 0 Å². The van der Waals surface area contributed by atoms with Gasteiger partial charge in [-0.15, -0.1) is 0 Å². The summed E-state index contributed by atoms with van der Waals surface area (Å²) in [6, 6.07) is 7.78. The van der Waals surface area contributed by atoms with E-state index in [1.165, 1.54) is 24.1 Å². The molecule has 2 aliphatic rings. The minimum atomic E-state index is 0.771. The van der Waals surface area contributed by atoms with E-state index < -0.39 is 0 Å². The number of piperazine rings is 1. The van der Waals surface area contributed by atoms with Gasteiger partial charge in [-0.2, -0.15) is 0 Å². The summed E-state index contributed by atoms with van der Waals surface area (Å²) in [5.41, 5.74) is 4.33. The molecule has 0 bridgehead atoms. The molecule has 1 aliphatic heterocycles. The van der Waals surface area contributed by atoms with Crippen LogP contribution >= 0.6 is 0 Å². The smallest absolute Gasteiger partial charge is 0.226 e. The molecule has 7 heteroatoms. The summed E-state index contributed by atoms with van der Waals surface area (Å²) in [5, 5.41) is 0. The summed E-state index contributed by atoms with van der Waals surface area (Å²) in [6.45, 7) is 3.59. The van der Waals surface area contributed by atoms with Gasteiger partial charge >= 0.3 is 0 Å². The Balaban J connectivity index is 1.32. The molecule has 1 fully saturated rings. The molecule has 1 aliphatic carbocycles. The Bertz CT molecular complexity index is 952. The minimum absolute atomic E-state index is 0.771. The van der Waals surface area contributed by atoms with Crippen molar-refractivity contribution in [2.75, 3.05) is 36.0 Å². The van der Waals surface area contributed by atoms with Gasteiger partial charge in [-0.3, -0.25) is 4.98 Å². The van der Waals surface area contributed by atoms with Gasteiger partial charge in [-0.25, -0.2) is 19.9 Å². The lowest BCUT2D eigenvalue weighted by atomic mass is 9.96. The number of anilines is 2. The minimum Gasteiger partial charge on any atom is -0.353 e. The molecule has 1 saturated heterocycles. The summed E-state index contributed by atoms with van der Waals surface area (Å²) in [6.07, 6.45) is 9.99. The van der Waals surface area contributed by atoms with E-state index >= 15 is 0 Å². The Morgan fingerprint density at radius 3 is 2.43 bits per heavy atom. The first-order chi connectivity index (χ1) is 13.9. The van der Waals surface area contributed by atoms with Gasteiger partial charge in [-0.1, -0.05) is 6.07 Å². The van der Waals surface area contributed by atoms with Crippen LogP contribution in [0.15, 0.2) is 43.0 Å². The second-order valence-corrected chi connectivity index (χ2v) is 7.26.